The van der Waals surface area contributed by atoms with Crippen molar-refractivity contribution >= 4 is 0 Å². The minimum atomic E-state index is -0.138. The maximum atomic E-state index is 9.13. The first-order valence-corrected chi connectivity index (χ1v) is 5.73. The highest BCUT2D eigenvalue weighted by Crippen LogP contribution is 2.20. The Morgan fingerprint density at radius 2 is 2.06 bits per heavy atom. The Hall–Kier alpha value is -0.860. The molecule has 0 heterocycles. The molecule has 0 amide bonds. The molecule has 0 fully saturated rings. The third kappa shape index (κ3) is 3.62. The highest BCUT2D eigenvalue weighted by atomic mass is 16.5. The maximum Gasteiger partial charge on any atom is 0.0662 e. The van der Waals surface area contributed by atoms with Crippen LogP contribution in [0.2, 0.25) is 0 Å². The lowest BCUT2D eigenvalue weighted by atomic mass is 9.94. The second-order valence-electron chi connectivity index (χ2n) is 4.97. The number of hydrogen-bond donors (Lipinski definition) is 1. The minimum Gasteiger partial charge on any atom is -0.396 e. The van der Waals surface area contributed by atoms with Crippen molar-refractivity contribution in [3.8, 4) is 0 Å². The van der Waals surface area contributed by atoms with Gasteiger partial charge in [-0.3, -0.25) is 0 Å². The van der Waals surface area contributed by atoms with Crippen LogP contribution < -0.4 is 0 Å². The molecule has 1 atom stereocenters. The van der Waals surface area contributed by atoms with Crippen LogP contribution in [0.5, 0.6) is 0 Å². The summed E-state index contributed by atoms with van der Waals surface area (Å²) in [5.41, 5.74) is 2.30. The highest BCUT2D eigenvalue weighted by molar-refractivity contribution is 5.27. The van der Waals surface area contributed by atoms with E-state index < -0.39 is 0 Å². The van der Waals surface area contributed by atoms with Gasteiger partial charge in [0.05, 0.1) is 5.60 Å². The summed E-state index contributed by atoms with van der Waals surface area (Å²) in [6.07, 6.45) is 0.884. The Balaban J connectivity index is 2.82. The van der Waals surface area contributed by atoms with E-state index in [-0.39, 0.29) is 18.1 Å². The minimum absolute atomic E-state index is 0.138. The average Bonchev–Trinajstić information content (AvgIpc) is 2.28. The van der Waals surface area contributed by atoms with Gasteiger partial charge in [0.2, 0.25) is 0 Å². The fourth-order valence-electron chi connectivity index (χ4n) is 1.68. The lowest BCUT2D eigenvalue weighted by Crippen LogP contribution is -2.25. The predicted octanol–water partition coefficient (Wildman–Crippen LogP) is 2.75. The number of ether oxygens (including phenoxy) is 1. The van der Waals surface area contributed by atoms with Gasteiger partial charge in [-0.1, -0.05) is 31.2 Å². The third-order valence-corrected chi connectivity index (χ3v) is 2.98. The molecule has 2 nitrogen and oxygen atoms in total. The zero-order valence-corrected chi connectivity index (χ0v) is 10.7. The van der Waals surface area contributed by atoms with Crippen LogP contribution in [0, 0.1) is 0 Å². The van der Waals surface area contributed by atoms with E-state index in [2.05, 4.69) is 32.0 Å². The summed E-state index contributed by atoms with van der Waals surface area (Å²) in [7, 11) is 1.74. The van der Waals surface area contributed by atoms with Crippen molar-refractivity contribution in [1.82, 2.24) is 0 Å². The standard InChI is InChI=1S/C14H22O2/c1-11(10-15)13-7-5-6-12(8-13)9-14(2,3)16-4/h5-8,11,15H,9-10H2,1-4H3. The van der Waals surface area contributed by atoms with E-state index in [9.17, 15) is 0 Å². The van der Waals surface area contributed by atoms with E-state index in [1.165, 1.54) is 11.1 Å². The zero-order chi connectivity index (χ0) is 12.2. The first-order valence-electron chi connectivity index (χ1n) is 5.73. The van der Waals surface area contributed by atoms with Crippen LogP contribution in [0.15, 0.2) is 24.3 Å². The van der Waals surface area contributed by atoms with Crippen molar-refractivity contribution in [2.45, 2.75) is 38.7 Å². The first-order chi connectivity index (χ1) is 7.48. The van der Waals surface area contributed by atoms with E-state index in [1.807, 2.05) is 13.0 Å². The predicted molar refractivity (Wildman–Crippen MR) is 66.7 cm³/mol. The van der Waals surface area contributed by atoms with E-state index in [0.29, 0.717) is 0 Å². The Morgan fingerprint density at radius 3 is 2.62 bits per heavy atom. The van der Waals surface area contributed by atoms with Gasteiger partial charge >= 0.3 is 0 Å². The summed E-state index contributed by atoms with van der Waals surface area (Å²) in [5, 5.41) is 9.13. The highest BCUT2D eigenvalue weighted by Gasteiger charge is 2.17. The molecule has 1 N–H and O–H groups in total. The normalized spacial score (nSPS) is 13.8. The van der Waals surface area contributed by atoms with Gasteiger partial charge in [-0.05, 0) is 25.0 Å². The van der Waals surface area contributed by atoms with Gasteiger partial charge < -0.3 is 9.84 Å². The van der Waals surface area contributed by atoms with Crippen molar-refractivity contribution in [3.05, 3.63) is 35.4 Å². The van der Waals surface area contributed by atoms with Gasteiger partial charge in [0.15, 0.2) is 0 Å². The van der Waals surface area contributed by atoms with E-state index >= 15 is 0 Å². The van der Waals surface area contributed by atoms with Crippen LogP contribution in [0.1, 0.15) is 37.8 Å². The van der Waals surface area contributed by atoms with Crippen molar-refractivity contribution < 1.29 is 9.84 Å². The molecule has 0 aromatic heterocycles. The smallest absolute Gasteiger partial charge is 0.0662 e. The largest absolute Gasteiger partial charge is 0.396 e. The number of methoxy groups -OCH3 is 1. The molecule has 1 aromatic carbocycles. The number of hydrogen-bond acceptors (Lipinski definition) is 2. The Labute approximate surface area is 98.3 Å². The van der Waals surface area contributed by atoms with Crippen molar-refractivity contribution in [2.24, 2.45) is 0 Å². The van der Waals surface area contributed by atoms with Crippen LogP contribution in [0.25, 0.3) is 0 Å². The summed E-state index contributed by atoms with van der Waals surface area (Å²) in [6, 6.07) is 8.36. The van der Waals surface area contributed by atoms with Gasteiger partial charge in [0, 0.05) is 26.1 Å². The number of benzene rings is 1. The monoisotopic (exact) mass is 222 g/mol. The van der Waals surface area contributed by atoms with Gasteiger partial charge in [-0.15, -0.1) is 0 Å². The van der Waals surface area contributed by atoms with Crippen LogP contribution in [-0.4, -0.2) is 24.4 Å². The molecule has 2 heteroatoms. The molecular formula is C14H22O2. The van der Waals surface area contributed by atoms with E-state index in [1.54, 1.807) is 7.11 Å². The Morgan fingerprint density at radius 1 is 1.38 bits per heavy atom. The SMILES string of the molecule is COC(C)(C)Cc1cccc(C(C)CO)c1. The second-order valence-corrected chi connectivity index (χ2v) is 4.97. The van der Waals surface area contributed by atoms with Crippen LogP contribution in [-0.2, 0) is 11.2 Å². The lowest BCUT2D eigenvalue weighted by molar-refractivity contribution is 0.0232. The van der Waals surface area contributed by atoms with E-state index in [4.69, 9.17) is 9.84 Å². The fraction of sp³-hybridized carbons (Fsp3) is 0.571. The van der Waals surface area contributed by atoms with Gasteiger partial charge in [0.25, 0.3) is 0 Å². The summed E-state index contributed by atoms with van der Waals surface area (Å²) < 4.78 is 5.42. The molecule has 16 heavy (non-hydrogen) atoms. The number of rotatable bonds is 5. The second kappa shape index (κ2) is 5.46. The Kier molecular flexibility index (Phi) is 4.51. The van der Waals surface area contributed by atoms with Gasteiger partial charge in [-0.2, -0.15) is 0 Å². The zero-order valence-electron chi connectivity index (χ0n) is 10.7. The topological polar surface area (TPSA) is 29.5 Å². The van der Waals surface area contributed by atoms with Crippen LogP contribution in [0.3, 0.4) is 0 Å². The average molecular weight is 222 g/mol. The maximum absolute atomic E-state index is 9.13. The molecule has 0 spiro atoms. The molecule has 1 unspecified atom stereocenters. The summed E-state index contributed by atoms with van der Waals surface area (Å²) in [6.45, 7) is 6.38. The van der Waals surface area contributed by atoms with Crippen LogP contribution >= 0.6 is 0 Å². The molecule has 0 bridgehead atoms. The molecule has 0 aliphatic rings. The number of aliphatic hydroxyl groups excluding tert-OH is 1. The lowest BCUT2D eigenvalue weighted by Gasteiger charge is -2.23. The summed E-state index contributed by atoms with van der Waals surface area (Å²) in [4.78, 5) is 0. The van der Waals surface area contributed by atoms with Gasteiger partial charge in [0.1, 0.15) is 0 Å². The molecule has 0 radical (unpaired) electrons. The quantitative estimate of drug-likeness (QED) is 0.830. The van der Waals surface area contributed by atoms with E-state index in [0.717, 1.165) is 6.42 Å². The van der Waals surface area contributed by atoms with Crippen LogP contribution in [0.4, 0.5) is 0 Å². The fourth-order valence-corrected chi connectivity index (χ4v) is 1.68. The van der Waals surface area contributed by atoms with Crippen molar-refractivity contribution in [3.63, 3.8) is 0 Å². The molecule has 90 valence electrons. The molecular weight excluding hydrogens is 200 g/mol. The molecule has 0 aliphatic heterocycles. The summed E-state index contributed by atoms with van der Waals surface area (Å²) >= 11 is 0. The molecule has 0 saturated carbocycles. The molecule has 1 aromatic rings. The van der Waals surface area contributed by atoms with Crippen molar-refractivity contribution in [1.29, 1.82) is 0 Å². The third-order valence-electron chi connectivity index (χ3n) is 2.98. The summed E-state index contributed by atoms with van der Waals surface area (Å²) in [5.74, 6) is 0.200. The number of aliphatic hydroxyl groups is 1. The molecule has 0 saturated heterocycles. The van der Waals surface area contributed by atoms with Crippen molar-refractivity contribution in [2.75, 3.05) is 13.7 Å². The Bertz CT molecular complexity index is 331. The van der Waals surface area contributed by atoms with Gasteiger partial charge in [-0.25, -0.2) is 0 Å². The first kappa shape index (κ1) is 13.2. The molecule has 1 rings (SSSR count). The molecule has 0 aliphatic carbocycles.